The highest BCUT2D eigenvalue weighted by Gasteiger charge is 2.15. The molecule has 0 bridgehead atoms. The summed E-state index contributed by atoms with van der Waals surface area (Å²) in [7, 11) is 0. The molecule has 0 fully saturated rings. The molecular formula is C14H19N3O. The van der Waals surface area contributed by atoms with Crippen LogP contribution in [-0.2, 0) is 0 Å². The Kier molecular flexibility index (Phi) is 4.10. The molecule has 2 aromatic rings. The fraction of sp³-hybridized carbons (Fsp3) is 0.429. The average Bonchev–Trinajstić information content (AvgIpc) is 2.85. The molecule has 96 valence electrons. The first-order valence-corrected chi connectivity index (χ1v) is 6.37. The van der Waals surface area contributed by atoms with Gasteiger partial charge in [-0.1, -0.05) is 48.7 Å². The van der Waals surface area contributed by atoms with Crippen molar-refractivity contribution in [2.45, 2.75) is 39.2 Å². The van der Waals surface area contributed by atoms with Crippen LogP contribution in [-0.4, -0.2) is 10.1 Å². The number of hydrogen-bond donors (Lipinski definition) is 1. The summed E-state index contributed by atoms with van der Waals surface area (Å²) >= 11 is 0. The molecule has 4 heteroatoms. The molecule has 18 heavy (non-hydrogen) atoms. The minimum Gasteiger partial charge on any atom is -0.337 e. The third-order valence-corrected chi connectivity index (χ3v) is 2.90. The van der Waals surface area contributed by atoms with Crippen molar-refractivity contribution < 1.29 is 4.52 Å². The van der Waals surface area contributed by atoms with Gasteiger partial charge >= 0.3 is 0 Å². The van der Waals surface area contributed by atoms with Gasteiger partial charge in [0, 0.05) is 5.56 Å². The summed E-state index contributed by atoms with van der Waals surface area (Å²) in [5, 5.41) is 3.99. The number of rotatable bonds is 5. The van der Waals surface area contributed by atoms with Gasteiger partial charge in [-0.25, -0.2) is 0 Å². The number of benzene rings is 1. The van der Waals surface area contributed by atoms with Crippen molar-refractivity contribution in [2.75, 3.05) is 0 Å². The molecule has 2 N–H and O–H groups in total. The molecule has 0 aliphatic rings. The molecule has 0 radical (unpaired) electrons. The average molecular weight is 245 g/mol. The second kappa shape index (κ2) is 5.78. The van der Waals surface area contributed by atoms with E-state index in [4.69, 9.17) is 10.3 Å². The van der Waals surface area contributed by atoms with Crippen molar-refractivity contribution in [3.05, 3.63) is 35.7 Å². The Hall–Kier alpha value is -1.68. The Morgan fingerprint density at radius 1 is 1.39 bits per heavy atom. The van der Waals surface area contributed by atoms with Crippen LogP contribution in [0.15, 0.2) is 28.8 Å². The predicted octanol–water partition coefficient (Wildman–Crippen LogP) is 3.24. The summed E-state index contributed by atoms with van der Waals surface area (Å²) < 4.78 is 5.23. The first-order chi connectivity index (χ1) is 8.70. The zero-order chi connectivity index (χ0) is 13.0. The molecule has 1 aromatic heterocycles. The van der Waals surface area contributed by atoms with Gasteiger partial charge in [-0.3, -0.25) is 0 Å². The maximum absolute atomic E-state index is 6.01. The lowest BCUT2D eigenvalue weighted by atomic mass is 10.1. The van der Waals surface area contributed by atoms with Gasteiger partial charge in [-0.2, -0.15) is 4.98 Å². The zero-order valence-electron chi connectivity index (χ0n) is 10.9. The Labute approximate surface area is 107 Å². The van der Waals surface area contributed by atoms with Gasteiger partial charge in [0.2, 0.25) is 11.7 Å². The van der Waals surface area contributed by atoms with Crippen LogP contribution in [0.3, 0.4) is 0 Å². The van der Waals surface area contributed by atoms with Crippen molar-refractivity contribution in [3.63, 3.8) is 0 Å². The molecule has 0 saturated carbocycles. The first-order valence-electron chi connectivity index (χ1n) is 6.37. The summed E-state index contributed by atoms with van der Waals surface area (Å²) in [4.78, 5) is 4.37. The summed E-state index contributed by atoms with van der Waals surface area (Å²) in [6.07, 6.45) is 3.07. The van der Waals surface area contributed by atoms with Gasteiger partial charge in [-0.05, 0) is 19.4 Å². The summed E-state index contributed by atoms with van der Waals surface area (Å²) in [5.74, 6) is 1.14. The normalized spacial score (nSPS) is 12.6. The van der Waals surface area contributed by atoms with Crippen LogP contribution in [0.1, 0.15) is 43.7 Å². The standard InChI is InChI=1S/C14H19N3O/c1-3-4-8-12(15)14-16-13(17-18-14)11-7-5-6-10(2)9-11/h5-7,9,12H,3-4,8,15H2,1-2H3. The topological polar surface area (TPSA) is 64.9 Å². The van der Waals surface area contributed by atoms with E-state index in [0.29, 0.717) is 11.7 Å². The third kappa shape index (κ3) is 2.96. The fourth-order valence-electron chi connectivity index (χ4n) is 1.83. The predicted molar refractivity (Wildman–Crippen MR) is 70.9 cm³/mol. The quantitative estimate of drug-likeness (QED) is 0.878. The third-order valence-electron chi connectivity index (χ3n) is 2.90. The largest absolute Gasteiger partial charge is 0.337 e. The molecule has 0 aliphatic carbocycles. The van der Waals surface area contributed by atoms with Gasteiger partial charge < -0.3 is 10.3 Å². The Morgan fingerprint density at radius 3 is 2.94 bits per heavy atom. The lowest BCUT2D eigenvalue weighted by molar-refractivity contribution is 0.346. The second-order valence-corrected chi connectivity index (χ2v) is 4.57. The van der Waals surface area contributed by atoms with E-state index >= 15 is 0 Å². The van der Waals surface area contributed by atoms with Crippen LogP contribution in [0.2, 0.25) is 0 Å². The highest BCUT2D eigenvalue weighted by molar-refractivity contribution is 5.55. The lowest BCUT2D eigenvalue weighted by Crippen LogP contribution is -2.10. The second-order valence-electron chi connectivity index (χ2n) is 4.57. The maximum atomic E-state index is 6.01. The van der Waals surface area contributed by atoms with Gasteiger partial charge in [0.1, 0.15) is 0 Å². The number of hydrogen-bond acceptors (Lipinski definition) is 4. The number of aryl methyl sites for hydroxylation is 1. The molecule has 0 saturated heterocycles. The molecular weight excluding hydrogens is 226 g/mol. The lowest BCUT2D eigenvalue weighted by Gasteiger charge is -2.03. The molecule has 1 heterocycles. The molecule has 0 spiro atoms. The van der Waals surface area contributed by atoms with E-state index in [-0.39, 0.29) is 6.04 Å². The van der Waals surface area contributed by atoms with E-state index in [0.717, 1.165) is 24.8 Å². The Morgan fingerprint density at radius 2 is 2.22 bits per heavy atom. The molecule has 0 amide bonds. The van der Waals surface area contributed by atoms with Crippen molar-refractivity contribution >= 4 is 0 Å². The van der Waals surface area contributed by atoms with Crippen LogP contribution < -0.4 is 5.73 Å². The van der Waals surface area contributed by atoms with E-state index < -0.39 is 0 Å². The number of nitrogens with zero attached hydrogens (tertiary/aromatic N) is 2. The molecule has 4 nitrogen and oxygen atoms in total. The summed E-state index contributed by atoms with van der Waals surface area (Å²) in [6.45, 7) is 4.18. The SMILES string of the molecule is CCCCC(N)c1nc(-c2cccc(C)c2)no1. The maximum Gasteiger partial charge on any atom is 0.243 e. The van der Waals surface area contributed by atoms with Gasteiger partial charge in [0.05, 0.1) is 6.04 Å². The smallest absolute Gasteiger partial charge is 0.243 e. The fourth-order valence-corrected chi connectivity index (χ4v) is 1.83. The van der Waals surface area contributed by atoms with Crippen LogP contribution in [0, 0.1) is 6.92 Å². The van der Waals surface area contributed by atoms with E-state index in [1.807, 2.05) is 31.2 Å². The van der Waals surface area contributed by atoms with Gasteiger partial charge in [0.15, 0.2) is 0 Å². The van der Waals surface area contributed by atoms with Crippen LogP contribution in [0.25, 0.3) is 11.4 Å². The van der Waals surface area contributed by atoms with Crippen molar-refractivity contribution in [2.24, 2.45) is 5.73 Å². The Bertz CT molecular complexity index is 507. The van der Waals surface area contributed by atoms with Gasteiger partial charge in [0.25, 0.3) is 0 Å². The summed E-state index contributed by atoms with van der Waals surface area (Å²) in [5.41, 5.74) is 8.15. The van der Waals surface area contributed by atoms with Crippen molar-refractivity contribution in [1.29, 1.82) is 0 Å². The minimum absolute atomic E-state index is 0.156. The highest BCUT2D eigenvalue weighted by atomic mass is 16.5. The van der Waals surface area contributed by atoms with E-state index in [1.165, 1.54) is 5.56 Å². The van der Waals surface area contributed by atoms with Crippen molar-refractivity contribution in [3.8, 4) is 11.4 Å². The van der Waals surface area contributed by atoms with E-state index in [9.17, 15) is 0 Å². The molecule has 1 aromatic carbocycles. The minimum atomic E-state index is -0.156. The monoisotopic (exact) mass is 245 g/mol. The molecule has 1 atom stereocenters. The molecule has 1 unspecified atom stereocenters. The van der Waals surface area contributed by atoms with E-state index in [2.05, 4.69) is 17.1 Å². The molecule has 2 rings (SSSR count). The molecule has 0 aliphatic heterocycles. The Balaban J connectivity index is 2.15. The van der Waals surface area contributed by atoms with Crippen molar-refractivity contribution in [1.82, 2.24) is 10.1 Å². The number of aromatic nitrogens is 2. The zero-order valence-corrected chi connectivity index (χ0v) is 10.9. The van der Waals surface area contributed by atoms with Crippen LogP contribution >= 0.6 is 0 Å². The van der Waals surface area contributed by atoms with Crippen LogP contribution in [0.4, 0.5) is 0 Å². The number of nitrogens with two attached hydrogens (primary N) is 1. The van der Waals surface area contributed by atoms with Crippen LogP contribution in [0.5, 0.6) is 0 Å². The summed E-state index contributed by atoms with van der Waals surface area (Å²) in [6, 6.07) is 7.87. The number of unbranched alkanes of at least 4 members (excludes halogenated alkanes) is 1. The highest BCUT2D eigenvalue weighted by Crippen LogP contribution is 2.20. The van der Waals surface area contributed by atoms with Gasteiger partial charge in [-0.15, -0.1) is 0 Å². The van der Waals surface area contributed by atoms with E-state index in [1.54, 1.807) is 0 Å². The first kappa shape index (κ1) is 12.8.